The first-order chi connectivity index (χ1) is 7.96. The summed E-state index contributed by atoms with van der Waals surface area (Å²) in [4.78, 5) is 27.1. The lowest BCUT2D eigenvalue weighted by atomic mass is 10.0. The number of carbonyl (C=O) groups is 2. The highest BCUT2D eigenvalue weighted by Gasteiger charge is 2.50. The van der Waals surface area contributed by atoms with Crippen molar-refractivity contribution in [2.75, 3.05) is 13.1 Å². The van der Waals surface area contributed by atoms with Crippen LogP contribution in [0.1, 0.15) is 33.6 Å². The molecule has 0 spiro atoms. The van der Waals surface area contributed by atoms with Crippen molar-refractivity contribution in [2.24, 2.45) is 0 Å². The number of urea groups is 1. The third kappa shape index (κ3) is 2.73. The predicted octanol–water partition coefficient (Wildman–Crippen LogP) is 2.23. The molecule has 0 aromatic rings. The summed E-state index contributed by atoms with van der Waals surface area (Å²) in [6.45, 7) is 6.40. The number of halogens is 1. The molecule has 0 N–H and O–H groups in total. The van der Waals surface area contributed by atoms with Gasteiger partial charge in [0, 0.05) is 29.1 Å². The summed E-state index contributed by atoms with van der Waals surface area (Å²) in [5.41, 5.74) is -0.773. The molecule has 0 atom stereocenters. The van der Waals surface area contributed by atoms with E-state index in [4.69, 9.17) is 0 Å². The third-order valence-corrected chi connectivity index (χ3v) is 3.33. The first-order valence-corrected chi connectivity index (χ1v) is 6.76. The Bertz CT molecular complexity index is 382. The Morgan fingerprint density at radius 1 is 1.35 bits per heavy atom. The molecular weight excluding hydrogens is 331 g/mol. The SMILES string of the molecule is CCCCN1C(=O)N(CC#CI)C(C)(C)C1=O. The number of imide groups is 1. The average molecular weight is 348 g/mol. The van der Waals surface area contributed by atoms with E-state index < -0.39 is 5.54 Å². The summed E-state index contributed by atoms with van der Waals surface area (Å²) in [5, 5.41) is 0. The summed E-state index contributed by atoms with van der Waals surface area (Å²) in [6.07, 6.45) is 1.81. The van der Waals surface area contributed by atoms with E-state index in [9.17, 15) is 9.59 Å². The van der Waals surface area contributed by atoms with Gasteiger partial charge in [-0.25, -0.2) is 4.79 Å². The van der Waals surface area contributed by atoms with Crippen molar-refractivity contribution < 1.29 is 9.59 Å². The van der Waals surface area contributed by atoms with Gasteiger partial charge < -0.3 is 0 Å². The highest BCUT2D eigenvalue weighted by atomic mass is 127. The average Bonchev–Trinajstić information content (AvgIpc) is 2.43. The monoisotopic (exact) mass is 348 g/mol. The van der Waals surface area contributed by atoms with Crippen molar-refractivity contribution in [1.29, 1.82) is 0 Å². The van der Waals surface area contributed by atoms with E-state index in [-0.39, 0.29) is 11.9 Å². The van der Waals surface area contributed by atoms with Gasteiger partial charge in [-0.2, -0.15) is 0 Å². The number of hydrogen-bond donors (Lipinski definition) is 0. The molecule has 0 aliphatic carbocycles. The maximum absolute atomic E-state index is 12.1. The van der Waals surface area contributed by atoms with Crippen LogP contribution >= 0.6 is 22.6 Å². The maximum atomic E-state index is 12.1. The Morgan fingerprint density at radius 2 is 2.00 bits per heavy atom. The second-order valence-corrected chi connectivity index (χ2v) is 5.05. The molecule has 1 heterocycles. The van der Waals surface area contributed by atoms with Gasteiger partial charge in [-0.05, 0) is 24.2 Å². The smallest absolute Gasteiger partial charge is 0.299 e. The summed E-state index contributed by atoms with van der Waals surface area (Å²) in [5.74, 6) is 2.72. The summed E-state index contributed by atoms with van der Waals surface area (Å²) < 4.78 is 2.72. The number of unbranched alkanes of at least 4 members (excludes halogenated alkanes) is 1. The van der Waals surface area contributed by atoms with Gasteiger partial charge in [0.15, 0.2) is 0 Å². The van der Waals surface area contributed by atoms with Crippen molar-refractivity contribution in [2.45, 2.75) is 39.2 Å². The van der Waals surface area contributed by atoms with E-state index in [0.717, 1.165) is 12.8 Å². The number of rotatable bonds is 4. The lowest BCUT2D eigenvalue weighted by Crippen LogP contribution is -2.44. The highest BCUT2D eigenvalue weighted by molar-refractivity contribution is 14.1. The minimum absolute atomic E-state index is 0.119. The van der Waals surface area contributed by atoms with Crippen molar-refractivity contribution in [3.63, 3.8) is 0 Å². The van der Waals surface area contributed by atoms with Gasteiger partial charge in [0.05, 0.1) is 6.54 Å². The van der Waals surface area contributed by atoms with E-state index in [1.165, 1.54) is 9.80 Å². The zero-order valence-electron chi connectivity index (χ0n) is 10.4. The van der Waals surface area contributed by atoms with E-state index in [0.29, 0.717) is 13.1 Å². The molecule has 4 nitrogen and oxygen atoms in total. The van der Waals surface area contributed by atoms with Crippen molar-refractivity contribution in [1.82, 2.24) is 9.80 Å². The molecule has 1 saturated heterocycles. The Labute approximate surface area is 116 Å². The molecule has 0 aromatic carbocycles. The van der Waals surface area contributed by atoms with Gasteiger partial charge >= 0.3 is 6.03 Å². The van der Waals surface area contributed by atoms with Crippen LogP contribution in [0, 0.1) is 9.85 Å². The standard InChI is InChI=1S/C12H17IN2O2/c1-4-5-8-14-10(16)12(2,3)15(11(14)17)9-6-7-13/h4-5,8-9H2,1-3H3. The van der Waals surface area contributed by atoms with Crippen LogP contribution < -0.4 is 0 Å². The molecule has 0 aromatic heterocycles. The van der Waals surface area contributed by atoms with Crippen LogP contribution in [0.25, 0.3) is 0 Å². The molecule has 17 heavy (non-hydrogen) atoms. The highest BCUT2D eigenvalue weighted by Crippen LogP contribution is 2.27. The van der Waals surface area contributed by atoms with Crippen molar-refractivity contribution in [3.8, 4) is 9.85 Å². The first-order valence-electron chi connectivity index (χ1n) is 5.68. The molecular formula is C12H17IN2O2. The molecule has 1 aliphatic heterocycles. The second-order valence-electron chi connectivity index (χ2n) is 4.51. The van der Waals surface area contributed by atoms with Crippen LogP contribution in [0.15, 0.2) is 0 Å². The lowest BCUT2D eigenvalue weighted by Gasteiger charge is -2.25. The molecule has 0 bridgehead atoms. The van der Waals surface area contributed by atoms with Gasteiger partial charge in [-0.1, -0.05) is 19.3 Å². The van der Waals surface area contributed by atoms with E-state index >= 15 is 0 Å². The fraction of sp³-hybridized carbons (Fsp3) is 0.667. The van der Waals surface area contributed by atoms with Crippen LogP contribution in [-0.4, -0.2) is 40.4 Å². The summed E-state index contributed by atoms with van der Waals surface area (Å²) in [7, 11) is 0. The lowest BCUT2D eigenvalue weighted by molar-refractivity contribution is -0.131. The largest absolute Gasteiger partial charge is 0.328 e. The molecule has 94 valence electrons. The van der Waals surface area contributed by atoms with Crippen LogP contribution in [0.3, 0.4) is 0 Å². The number of nitrogens with zero attached hydrogens (tertiary/aromatic N) is 2. The fourth-order valence-electron chi connectivity index (χ4n) is 1.81. The second kappa shape index (κ2) is 5.71. The van der Waals surface area contributed by atoms with E-state index in [2.05, 4.69) is 9.85 Å². The molecule has 0 unspecified atom stereocenters. The number of amides is 3. The Hall–Kier alpha value is -0.770. The van der Waals surface area contributed by atoms with E-state index in [1.54, 1.807) is 13.8 Å². The Morgan fingerprint density at radius 3 is 2.53 bits per heavy atom. The summed E-state index contributed by atoms with van der Waals surface area (Å²) >= 11 is 1.93. The van der Waals surface area contributed by atoms with Gasteiger partial charge in [0.25, 0.3) is 5.91 Å². The minimum Gasteiger partial charge on any atom is -0.299 e. The van der Waals surface area contributed by atoms with Gasteiger partial charge in [-0.15, -0.1) is 0 Å². The molecule has 1 fully saturated rings. The molecule has 1 rings (SSSR count). The Balaban J connectivity index is 2.88. The summed E-state index contributed by atoms with van der Waals surface area (Å²) in [6, 6.07) is -0.215. The topological polar surface area (TPSA) is 40.6 Å². The van der Waals surface area contributed by atoms with Crippen LogP contribution in [0.2, 0.25) is 0 Å². The van der Waals surface area contributed by atoms with Gasteiger partial charge in [-0.3, -0.25) is 14.6 Å². The minimum atomic E-state index is -0.773. The zero-order valence-corrected chi connectivity index (χ0v) is 12.6. The van der Waals surface area contributed by atoms with Crippen LogP contribution in [-0.2, 0) is 4.79 Å². The number of carbonyl (C=O) groups excluding carboxylic acids is 2. The molecule has 1 aliphatic rings. The quantitative estimate of drug-likeness (QED) is 0.444. The normalized spacial score (nSPS) is 18.4. The molecule has 0 radical (unpaired) electrons. The van der Waals surface area contributed by atoms with Gasteiger partial charge in [0.2, 0.25) is 0 Å². The third-order valence-electron chi connectivity index (χ3n) is 2.94. The van der Waals surface area contributed by atoms with Crippen LogP contribution in [0.4, 0.5) is 4.79 Å². The maximum Gasteiger partial charge on any atom is 0.328 e. The zero-order chi connectivity index (χ0) is 13.1. The molecule has 3 amide bonds. The predicted molar refractivity (Wildman–Crippen MR) is 74.6 cm³/mol. The molecule has 5 heteroatoms. The van der Waals surface area contributed by atoms with Crippen molar-refractivity contribution in [3.05, 3.63) is 0 Å². The van der Waals surface area contributed by atoms with Crippen LogP contribution in [0.5, 0.6) is 0 Å². The van der Waals surface area contributed by atoms with Gasteiger partial charge in [0.1, 0.15) is 5.54 Å². The Kier molecular flexibility index (Phi) is 4.80. The fourth-order valence-corrected chi connectivity index (χ4v) is 1.98. The number of hydrogen-bond acceptors (Lipinski definition) is 2. The van der Waals surface area contributed by atoms with E-state index in [1.807, 2.05) is 29.5 Å². The van der Waals surface area contributed by atoms with Crippen molar-refractivity contribution >= 4 is 34.5 Å². The first kappa shape index (κ1) is 14.3. The molecule has 0 saturated carbocycles.